The standard InChI is InChI=1S/C12H28N2O/c1-7-13-10(2)12(6,15)8-9-14-11(3,4)5/h10,13-15H,7-9H2,1-6H3. The van der Waals surface area contributed by atoms with Crippen molar-refractivity contribution in [1.82, 2.24) is 10.6 Å². The molecule has 0 aromatic carbocycles. The van der Waals surface area contributed by atoms with Crippen LogP contribution in [-0.2, 0) is 0 Å². The van der Waals surface area contributed by atoms with Crippen LogP contribution in [0.4, 0.5) is 0 Å². The van der Waals surface area contributed by atoms with Crippen molar-refractivity contribution in [2.75, 3.05) is 13.1 Å². The van der Waals surface area contributed by atoms with E-state index in [1.807, 2.05) is 13.8 Å². The zero-order valence-corrected chi connectivity index (χ0v) is 11.1. The lowest BCUT2D eigenvalue weighted by atomic mass is 9.93. The fourth-order valence-electron chi connectivity index (χ4n) is 1.43. The number of likely N-dealkylation sites (N-methyl/N-ethyl adjacent to an activating group) is 1. The van der Waals surface area contributed by atoms with Gasteiger partial charge in [0.2, 0.25) is 0 Å². The van der Waals surface area contributed by atoms with Gasteiger partial charge in [-0.25, -0.2) is 0 Å². The molecular formula is C12H28N2O. The summed E-state index contributed by atoms with van der Waals surface area (Å²) in [6.07, 6.45) is 0.762. The number of aliphatic hydroxyl groups is 1. The normalized spacial score (nSPS) is 18.6. The molecule has 0 radical (unpaired) electrons. The van der Waals surface area contributed by atoms with Crippen LogP contribution in [0.1, 0.15) is 48.0 Å². The van der Waals surface area contributed by atoms with Crippen LogP contribution in [0.25, 0.3) is 0 Å². The molecule has 0 aromatic heterocycles. The van der Waals surface area contributed by atoms with E-state index in [0.29, 0.717) is 0 Å². The van der Waals surface area contributed by atoms with Gasteiger partial charge in [0.1, 0.15) is 0 Å². The molecule has 0 saturated heterocycles. The SMILES string of the molecule is CCNC(C)C(C)(O)CCNC(C)(C)C. The predicted octanol–water partition coefficient (Wildman–Crippen LogP) is 1.51. The van der Waals surface area contributed by atoms with Crippen molar-refractivity contribution < 1.29 is 5.11 Å². The van der Waals surface area contributed by atoms with Gasteiger partial charge in [-0.3, -0.25) is 0 Å². The Morgan fingerprint density at radius 3 is 2.13 bits per heavy atom. The Balaban J connectivity index is 3.93. The third kappa shape index (κ3) is 6.88. The summed E-state index contributed by atoms with van der Waals surface area (Å²) >= 11 is 0. The molecule has 0 amide bonds. The van der Waals surface area contributed by atoms with Gasteiger partial charge >= 0.3 is 0 Å². The molecule has 3 heteroatoms. The second kappa shape index (κ2) is 5.83. The lowest BCUT2D eigenvalue weighted by Gasteiger charge is -2.32. The number of nitrogens with one attached hydrogen (secondary N) is 2. The smallest absolute Gasteiger partial charge is 0.0781 e. The van der Waals surface area contributed by atoms with Crippen molar-refractivity contribution in [3.63, 3.8) is 0 Å². The Hall–Kier alpha value is -0.120. The van der Waals surface area contributed by atoms with E-state index in [1.165, 1.54) is 0 Å². The molecule has 0 aliphatic rings. The minimum atomic E-state index is -0.645. The fraction of sp³-hybridized carbons (Fsp3) is 1.00. The summed E-state index contributed by atoms with van der Waals surface area (Å²) in [5, 5.41) is 16.9. The van der Waals surface area contributed by atoms with Gasteiger partial charge in [0.15, 0.2) is 0 Å². The number of hydrogen-bond donors (Lipinski definition) is 3. The molecule has 0 rings (SSSR count). The van der Waals surface area contributed by atoms with Crippen molar-refractivity contribution >= 4 is 0 Å². The van der Waals surface area contributed by atoms with Crippen LogP contribution in [0.15, 0.2) is 0 Å². The van der Waals surface area contributed by atoms with E-state index in [2.05, 4.69) is 38.3 Å². The summed E-state index contributed by atoms with van der Waals surface area (Å²) in [7, 11) is 0. The first-order valence-electron chi connectivity index (χ1n) is 5.90. The molecule has 0 bridgehead atoms. The second-order valence-electron chi connectivity index (χ2n) is 5.56. The first kappa shape index (κ1) is 14.9. The lowest BCUT2D eigenvalue weighted by molar-refractivity contribution is 0.0170. The lowest BCUT2D eigenvalue weighted by Crippen LogP contribution is -2.49. The van der Waals surface area contributed by atoms with E-state index in [4.69, 9.17) is 0 Å². The molecule has 0 aliphatic heterocycles. The third-order valence-electron chi connectivity index (χ3n) is 2.73. The maximum atomic E-state index is 10.2. The molecule has 3 N–H and O–H groups in total. The molecule has 3 nitrogen and oxygen atoms in total. The molecule has 0 aromatic rings. The van der Waals surface area contributed by atoms with Gasteiger partial charge < -0.3 is 15.7 Å². The van der Waals surface area contributed by atoms with Crippen LogP contribution in [-0.4, -0.2) is 35.4 Å². The van der Waals surface area contributed by atoms with E-state index in [0.717, 1.165) is 19.5 Å². The minimum Gasteiger partial charge on any atom is -0.389 e. The Labute approximate surface area is 94.6 Å². The monoisotopic (exact) mass is 216 g/mol. The maximum absolute atomic E-state index is 10.2. The van der Waals surface area contributed by atoms with Gasteiger partial charge in [0.25, 0.3) is 0 Å². The van der Waals surface area contributed by atoms with Crippen molar-refractivity contribution in [3.05, 3.63) is 0 Å². The van der Waals surface area contributed by atoms with Crippen LogP contribution in [0.2, 0.25) is 0 Å². The molecule has 2 unspecified atom stereocenters. The largest absolute Gasteiger partial charge is 0.389 e. The summed E-state index contributed by atoms with van der Waals surface area (Å²) in [6, 6.07) is 0.129. The highest BCUT2D eigenvalue weighted by atomic mass is 16.3. The third-order valence-corrected chi connectivity index (χ3v) is 2.73. The zero-order valence-electron chi connectivity index (χ0n) is 11.1. The first-order chi connectivity index (χ1) is 6.69. The number of hydrogen-bond acceptors (Lipinski definition) is 3. The molecule has 0 saturated carbocycles. The second-order valence-corrected chi connectivity index (χ2v) is 5.56. The van der Waals surface area contributed by atoms with E-state index in [-0.39, 0.29) is 11.6 Å². The highest BCUT2D eigenvalue weighted by molar-refractivity contribution is 4.85. The fourth-order valence-corrected chi connectivity index (χ4v) is 1.43. The predicted molar refractivity (Wildman–Crippen MR) is 66.1 cm³/mol. The summed E-state index contributed by atoms with van der Waals surface area (Å²) in [5.74, 6) is 0. The van der Waals surface area contributed by atoms with Crippen molar-refractivity contribution in [3.8, 4) is 0 Å². The van der Waals surface area contributed by atoms with E-state index >= 15 is 0 Å². The Morgan fingerprint density at radius 1 is 1.20 bits per heavy atom. The van der Waals surface area contributed by atoms with Gasteiger partial charge in [-0.05, 0) is 54.1 Å². The van der Waals surface area contributed by atoms with Crippen LogP contribution in [0.5, 0.6) is 0 Å². The Kier molecular flexibility index (Phi) is 5.78. The summed E-state index contributed by atoms with van der Waals surface area (Å²) < 4.78 is 0. The van der Waals surface area contributed by atoms with Crippen molar-refractivity contribution in [1.29, 1.82) is 0 Å². The molecular weight excluding hydrogens is 188 g/mol. The van der Waals surface area contributed by atoms with E-state index in [9.17, 15) is 5.11 Å². The van der Waals surface area contributed by atoms with E-state index < -0.39 is 5.60 Å². The van der Waals surface area contributed by atoms with Gasteiger partial charge in [-0.1, -0.05) is 6.92 Å². The Morgan fingerprint density at radius 2 is 1.73 bits per heavy atom. The molecule has 0 aliphatic carbocycles. The molecule has 92 valence electrons. The average Bonchev–Trinajstić information content (AvgIpc) is 2.01. The molecule has 15 heavy (non-hydrogen) atoms. The van der Waals surface area contributed by atoms with Crippen molar-refractivity contribution in [2.24, 2.45) is 0 Å². The zero-order chi connectivity index (χ0) is 12.1. The topological polar surface area (TPSA) is 44.3 Å². The minimum absolute atomic E-state index is 0.123. The highest BCUT2D eigenvalue weighted by Crippen LogP contribution is 2.14. The maximum Gasteiger partial charge on any atom is 0.0781 e. The highest BCUT2D eigenvalue weighted by Gasteiger charge is 2.27. The summed E-state index contributed by atoms with van der Waals surface area (Å²) in [5.41, 5.74) is -0.522. The average molecular weight is 216 g/mol. The molecule has 2 atom stereocenters. The van der Waals surface area contributed by atoms with Gasteiger partial charge in [0.05, 0.1) is 5.60 Å². The van der Waals surface area contributed by atoms with Crippen LogP contribution >= 0.6 is 0 Å². The summed E-state index contributed by atoms with van der Waals surface area (Å²) in [6.45, 7) is 14.1. The van der Waals surface area contributed by atoms with Crippen molar-refractivity contribution in [2.45, 2.75) is 65.1 Å². The van der Waals surface area contributed by atoms with Gasteiger partial charge in [-0.15, -0.1) is 0 Å². The van der Waals surface area contributed by atoms with Crippen LogP contribution in [0.3, 0.4) is 0 Å². The van der Waals surface area contributed by atoms with Gasteiger partial charge in [-0.2, -0.15) is 0 Å². The van der Waals surface area contributed by atoms with Crippen LogP contribution < -0.4 is 10.6 Å². The Bertz CT molecular complexity index is 173. The van der Waals surface area contributed by atoms with Crippen LogP contribution in [0, 0.1) is 0 Å². The quantitative estimate of drug-likeness (QED) is 0.630. The molecule has 0 fully saturated rings. The molecule has 0 heterocycles. The first-order valence-corrected chi connectivity index (χ1v) is 5.90. The van der Waals surface area contributed by atoms with Gasteiger partial charge in [0, 0.05) is 11.6 Å². The number of rotatable bonds is 6. The van der Waals surface area contributed by atoms with E-state index in [1.54, 1.807) is 0 Å². The summed E-state index contributed by atoms with van der Waals surface area (Å²) in [4.78, 5) is 0. The molecule has 0 spiro atoms.